The zero-order valence-corrected chi connectivity index (χ0v) is 18.2. The monoisotopic (exact) mass is 406 g/mol. The van der Waals surface area contributed by atoms with E-state index in [0.29, 0.717) is 18.0 Å². The third-order valence-electron chi connectivity index (χ3n) is 7.04. The van der Waals surface area contributed by atoms with Crippen molar-refractivity contribution in [2.45, 2.75) is 69.9 Å². The van der Waals surface area contributed by atoms with Crippen molar-refractivity contribution in [3.05, 3.63) is 65.2 Å². The van der Waals surface area contributed by atoms with Crippen molar-refractivity contribution < 1.29 is 9.90 Å². The lowest BCUT2D eigenvalue weighted by molar-refractivity contribution is -0.138. The van der Waals surface area contributed by atoms with Crippen molar-refractivity contribution in [1.82, 2.24) is 5.32 Å². The fourth-order valence-corrected chi connectivity index (χ4v) is 5.05. The molecule has 1 saturated carbocycles. The highest BCUT2D eigenvalue weighted by Crippen LogP contribution is 2.36. The fourth-order valence-electron chi connectivity index (χ4n) is 5.05. The van der Waals surface area contributed by atoms with Crippen LogP contribution in [0.2, 0.25) is 0 Å². The SMILES string of the molecule is CC(C(=O)O)c1ccc([C@H]2CC[C@H](N[C@H](C)c3cccc(N4CCCC4)c3)C2)cc1. The molecule has 1 heterocycles. The van der Waals surface area contributed by atoms with Crippen molar-refractivity contribution in [3.63, 3.8) is 0 Å². The maximum absolute atomic E-state index is 11.2. The summed E-state index contributed by atoms with van der Waals surface area (Å²) in [5.74, 6) is -0.662. The summed E-state index contributed by atoms with van der Waals surface area (Å²) in [6.07, 6.45) is 6.12. The number of anilines is 1. The molecule has 1 aliphatic carbocycles. The van der Waals surface area contributed by atoms with Gasteiger partial charge in [0.2, 0.25) is 0 Å². The van der Waals surface area contributed by atoms with Crippen LogP contribution in [0.15, 0.2) is 48.5 Å². The molecule has 4 atom stereocenters. The largest absolute Gasteiger partial charge is 0.481 e. The first-order chi connectivity index (χ1) is 14.5. The third kappa shape index (κ3) is 4.70. The molecule has 2 aromatic carbocycles. The van der Waals surface area contributed by atoms with E-state index in [1.807, 2.05) is 12.1 Å². The van der Waals surface area contributed by atoms with Crippen LogP contribution >= 0.6 is 0 Å². The Hall–Kier alpha value is -2.33. The van der Waals surface area contributed by atoms with Gasteiger partial charge in [-0.25, -0.2) is 0 Å². The minimum absolute atomic E-state index is 0.343. The number of carboxylic acids is 1. The van der Waals surface area contributed by atoms with Crippen molar-refractivity contribution in [3.8, 4) is 0 Å². The van der Waals surface area contributed by atoms with Gasteiger partial charge in [0, 0.05) is 30.9 Å². The highest BCUT2D eigenvalue weighted by molar-refractivity contribution is 5.75. The molecule has 0 amide bonds. The Kier molecular flexibility index (Phi) is 6.43. The lowest BCUT2D eigenvalue weighted by atomic mass is 9.93. The molecule has 0 bridgehead atoms. The Bertz CT molecular complexity index is 858. The summed E-state index contributed by atoms with van der Waals surface area (Å²) >= 11 is 0. The quantitative estimate of drug-likeness (QED) is 0.641. The maximum Gasteiger partial charge on any atom is 0.310 e. The number of hydrogen-bond acceptors (Lipinski definition) is 3. The lowest BCUT2D eigenvalue weighted by Gasteiger charge is -2.23. The normalized spacial score (nSPS) is 23.5. The Morgan fingerprint density at radius 1 is 1.03 bits per heavy atom. The van der Waals surface area contributed by atoms with Crippen LogP contribution < -0.4 is 10.2 Å². The van der Waals surface area contributed by atoms with E-state index in [0.717, 1.165) is 12.0 Å². The Morgan fingerprint density at radius 3 is 2.47 bits per heavy atom. The number of benzene rings is 2. The second-order valence-electron chi connectivity index (χ2n) is 9.11. The Balaban J connectivity index is 1.34. The predicted molar refractivity (Wildman–Crippen MR) is 122 cm³/mol. The highest BCUT2D eigenvalue weighted by Gasteiger charge is 2.27. The molecule has 0 aromatic heterocycles. The molecule has 160 valence electrons. The smallest absolute Gasteiger partial charge is 0.310 e. The van der Waals surface area contributed by atoms with E-state index in [4.69, 9.17) is 0 Å². The fraction of sp³-hybridized carbons (Fsp3) is 0.500. The van der Waals surface area contributed by atoms with E-state index < -0.39 is 11.9 Å². The number of nitrogens with one attached hydrogen (secondary N) is 1. The number of hydrogen-bond donors (Lipinski definition) is 2. The van der Waals surface area contributed by atoms with E-state index in [-0.39, 0.29) is 0 Å². The average molecular weight is 407 g/mol. The summed E-state index contributed by atoms with van der Waals surface area (Å²) in [7, 11) is 0. The maximum atomic E-state index is 11.2. The molecule has 1 saturated heterocycles. The van der Waals surface area contributed by atoms with Gasteiger partial charge in [0.05, 0.1) is 5.92 Å². The van der Waals surface area contributed by atoms with E-state index >= 15 is 0 Å². The molecule has 1 aliphatic heterocycles. The van der Waals surface area contributed by atoms with Gasteiger partial charge in [-0.3, -0.25) is 4.79 Å². The average Bonchev–Trinajstić information content (AvgIpc) is 3.46. The van der Waals surface area contributed by atoms with Crippen LogP contribution in [0.4, 0.5) is 5.69 Å². The van der Waals surface area contributed by atoms with Gasteiger partial charge in [0.1, 0.15) is 0 Å². The third-order valence-corrected chi connectivity index (χ3v) is 7.04. The summed E-state index contributed by atoms with van der Waals surface area (Å²) in [4.78, 5) is 13.7. The Morgan fingerprint density at radius 2 is 1.77 bits per heavy atom. The second kappa shape index (κ2) is 9.22. The Labute approximate surface area is 180 Å². The number of aliphatic carboxylic acids is 1. The topological polar surface area (TPSA) is 52.6 Å². The number of nitrogens with zero attached hydrogens (tertiary/aromatic N) is 1. The summed E-state index contributed by atoms with van der Waals surface area (Å²) in [6.45, 7) is 6.38. The molecule has 30 heavy (non-hydrogen) atoms. The lowest BCUT2D eigenvalue weighted by Crippen LogP contribution is -2.29. The summed E-state index contributed by atoms with van der Waals surface area (Å²) in [6, 6.07) is 18.1. The molecular weight excluding hydrogens is 372 g/mol. The van der Waals surface area contributed by atoms with Gasteiger partial charge in [0.15, 0.2) is 0 Å². The van der Waals surface area contributed by atoms with E-state index in [9.17, 15) is 9.90 Å². The summed E-state index contributed by atoms with van der Waals surface area (Å²) in [5, 5.41) is 13.1. The van der Waals surface area contributed by atoms with E-state index in [2.05, 4.69) is 53.5 Å². The van der Waals surface area contributed by atoms with Gasteiger partial charge in [-0.05, 0) is 80.7 Å². The van der Waals surface area contributed by atoms with Gasteiger partial charge in [-0.15, -0.1) is 0 Å². The minimum Gasteiger partial charge on any atom is -0.481 e. The van der Waals surface area contributed by atoms with Crippen molar-refractivity contribution in [2.75, 3.05) is 18.0 Å². The van der Waals surface area contributed by atoms with E-state index in [1.54, 1.807) is 6.92 Å². The molecule has 4 nitrogen and oxygen atoms in total. The van der Waals surface area contributed by atoms with Crippen LogP contribution in [0.3, 0.4) is 0 Å². The van der Waals surface area contributed by atoms with Crippen LogP contribution in [0.25, 0.3) is 0 Å². The first-order valence-corrected chi connectivity index (χ1v) is 11.4. The molecule has 1 unspecified atom stereocenters. The zero-order chi connectivity index (χ0) is 21.1. The van der Waals surface area contributed by atoms with Crippen LogP contribution in [0.5, 0.6) is 0 Å². The number of carbonyl (C=O) groups is 1. The van der Waals surface area contributed by atoms with Crippen LogP contribution in [-0.4, -0.2) is 30.2 Å². The van der Waals surface area contributed by atoms with Crippen LogP contribution in [0.1, 0.15) is 80.5 Å². The molecule has 0 radical (unpaired) electrons. The predicted octanol–water partition coefficient (Wildman–Crippen LogP) is 5.46. The molecule has 2 aliphatic rings. The standard InChI is InChI=1S/C26H34N2O2/c1-18(26(29)30)20-8-10-21(11-9-20)23-12-13-24(16-23)27-19(2)22-6-5-7-25(17-22)28-14-3-4-15-28/h5-11,17-19,23-24,27H,3-4,12-16H2,1-2H3,(H,29,30)/t18?,19-,23+,24+/m1/s1. The molecular formula is C26H34N2O2. The molecule has 0 spiro atoms. The summed E-state index contributed by atoms with van der Waals surface area (Å²) < 4.78 is 0. The van der Waals surface area contributed by atoms with E-state index in [1.165, 1.54) is 55.6 Å². The van der Waals surface area contributed by atoms with Crippen molar-refractivity contribution >= 4 is 11.7 Å². The molecule has 4 heteroatoms. The van der Waals surface area contributed by atoms with Gasteiger partial charge < -0.3 is 15.3 Å². The van der Waals surface area contributed by atoms with Crippen molar-refractivity contribution in [2.24, 2.45) is 0 Å². The molecule has 4 rings (SSSR count). The zero-order valence-electron chi connectivity index (χ0n) is 18.2. The molecule has 2 aromatic rings. The van der Waals surface area contributed by atoms with Crippen LogP contribution in [0, 0.1) is 0 Å². The first kappa shape index (κ1) is 20.9. The van der Waals surface area contributed by atoms with Gasteiger partial charge in [-0.2, -0.15) is 0 Å². The molecule has 2 N–H and O–H groups in total. The first-order valence-electron chi connectivity index (χ1n) is 11.4. The highest BCUT2D eigenvalue weighted by atomic mass is 16.4. The molecule has 2 fully saturated rings. The minimum atomic E-state index is -0.768. The van der Waals surface area contributed by atoms with Crippen LogP contribution in [-0.2, 0) is 4.79 Å². The second-order valence-corrected chi connectivity index (χ2v) is 9.11. The summed E-state index contributed by atoms with van der Waals surface area (Å²) in [5.41, 5.74) is 4.95. The van der Waals surface area contributed by atoms with Gasteiger partial charge in [-0.1, -0.05) is 36.4 Å². The number of rotatable bonds is 7. The number of carboxylic acid groups (broad SMARTS) is 1. The van der Waals surface area contributed by atoms with Gasteiger partial charge in [0.25, 0.3) is 0 Å². The van der Waals surface area contributed by atoms with Gasteiger partial charge >= 0.3 is 5.97 Å². The van der Waals surface area contributed by atoms with Crippen molar-refractivity contribution in [1.29, 1.82) is 0 Å².